The summed E-state index contributed by atoms with van der Waals surface area (Å²) in [6.45, 7) is 6.54. The maximum Gasteiger partial charge on any atom is 0.315 e. The lowest BCUT2D eigenvalue weighted by molar-refractivity contribution is -0.116. The van der Waals surface area contributed by atoms with Gasteiger partial charge in [-0.15, -0.1) is 0 Å². The molecule has 0 radical (unpaired) electrons. The first-order valence-electron chi connectivity index (χ1n) is 8.87. The summed E-state index contributed by atoms with van der Waals surface area (Å²) in [5, 5.41) is 5.89. The minimum absolute atomic E-state index is 0.0206. The number of benzene rings is 1. The molecular weight excluding hydrogens is 302 g/mol. The van der Waals surface area contributed by atoms with E-state index in [0.29, 0.717) is 19.1 Å². The number of anilines is 1. The number of rotatable bonds is 5. The van der Waals surface area contributed by atoms with Gasteiger partial charge in [0.1, 0.15) is 0 Å². The molecule has 132 valence electrons. The Morgan fingerprint density at radius 1 is 1.12 bits per heavy atom. The standard InChI is InChI=1S/C19H29N3O2/c1-14-9-10-18(13-15(14)2)22(16(3)23)12-11-20-19(24)21-17-7-5-4-6-8-17/h9-10,13,17H,4-8,11-12H2,1-3H3,(H2,20,21,24). The van der Waals surface area contributed by atoms with E-state index >= 15 is 0 Å². The first kappa shape index (κ1) is 18.3. The Morgan fingerprint density at radius 2 is 1.83 bits per heavy atom. The number of hydrogen-bond acceptors (Lipinski definition) is 2. The summed E-state index contributed by atoms with van der Waals surface area (Å²) in [6.07, 6.45) is 5.78. The highest BCUT2D eigenvalue weighted by Gasteiger charge is 2.16. The van der Waals surface area contributed by atoms with Gasteiger partial charge in [-0.25, -0.2) is 4.79 Å². The predicted molar refractivity (Wildman–Crippen MR) is 97.4 cm³/mol. The largest absolute Gasteiger partial charge is 0.336 e. The van der Waals surface area contributed by atoms with Crippen LogP contribution in [0.4, 0.5) is 10.5 Å². The van der Waals surface area contributed by atoms with Crippen molar-refractivity contribution in [2.45, 2.75) is 58.9 Å². The molecular formula is C19H29N3O2. The minimum Gasteiger partial charge on any atom is -0.336 e. The maximum atomic E-state index is 12.0. The number of urea groups is 1. The zero-order valence-corrected chi connectivity index (χ0v) is 15.0. The molecule has 0 spiro atoms. The summed E-state index contributed by atoms with van der Waals surface area (Å²) < 4.78 is 0. The summed E-state index contributed by atoms with van der Waals surface area (Å²) in [5.74, 6) is -0.0206. The van der Waals surface area contributed by atoms with Gasteiger partial charge in [-0.1, -0.05) is 25.3 Å². The average molecular weight is 331 g/mol. The fraction of sp³-hybridized carbons (Fsp3) is 0.579. The number of aryl methyl sites for hydroxylation is 2. The molecule has 2 rings (SSSR count). The van der Waals surface area contributed by atoms with Crippen LogP contribution in [0.25, 0.3) is 0 Å². The van der Waals surface area contributed by atoms with E-state index in [1.165, 1.54) is 24.8 Å². The van der Waals surface area contributed by atoms with Gasteiger partial charge in [0.15, 0.2) is 0 Å². The van der Waals surface area contributed by atoms with E-state index in [1.54, 1.807) is 11.8 Å². The molecule has 1 aromatic carbocycles. The van der Waals surface area contributed by atoms with Gasteiger partial charge in [0.25, 0.3) is 0 Å². The van der Waals surface area contributed by atoms with Crippen molar-refractivity contribution in [2.24, 2.45) is 0 Å². The van der Waals surface area contributed by atoms with E-state index in [0.717, 1.165) is 24.1 Å². The van der Waals surface area contributed by atoms with Crippen molar-refractivity contribution >= 4 is 17.6 Å². The molecule has 0 bridgehead atoms. The van der Waals surface area contributed by atoms with Crippen molar-refractivity contribution in [3.63, 3.8) is 0 Å². The summed E-state index contributed by atoms with van der Waals surface area (Å²) in [7, 11) is 0. The normalized spacial score (nSPS) is 15.0. The Morgan fingerprint density at radius 3 is 2.46 bits per heavy atom. The highest BCUT2D eigenvalue weighted by Crippen LogP contribution is 2.19. The molecule has 1 aliphatic carbocycles. The molecule has 1 aliphatic rings. The van der Waals surface area contributed by atoms with Crippen LogP contribution in [0.1, 0.15) is 50.2 Å². The molecule has 0 atom stereocenters. The lowest BCUT2D eigenvalue weighted by atomic mass is 9.96. The number of carbonyl (C=O) groups is 2. The van der Waals surface area contributed by atoms with Crippen LogP contribution < -0.4 is 15.5 Å². The second-order valence-electron chi connectivity index (χ2n) is 6.67. The van der Waals surface area contributed by atoms with Crippen molar-refractivity contribution in [3.05, 3.63) is 29.3 Å². The lowest BCUT2D eigenvalue weighted by Crippen LogP contribution is -2.45. The van der Waals surface area contributed by atoms with Crippen LogP contribution in [-0.2, 0) is 4.79 Å². The molecule has 0 aliphatic heterocycles. The SMILES string of the molecule is CC(=O)N(CCNC(=O)NC1CCCCC1)c1ccc(C)c(C)c1. The predicted octanol–water partition coefficient (Wildman–Crippen LogP) is 3.29. The monoisotopic (exact) mass is 331 g/mol. The Kier molecular flexibility index (Phi) is 6.64. The van der Waals surface area contributed by atoms with Crippen molar-refractivity contribution in [1.82, 2.24) is 10.6 Å². The smallest absolute Gasteiger partial charge is 0.315 e. The number of carbonyl (C=O) groups excluding carboxylic acids is 2. The number of nitrogens with zero attached hydrogens (tertiary/aromatic N) is 1. The van der Waals surface area contributed by atoms with Crippen LogP contribution in [0, 0.1) is 13.8 Å². The minimum atomic E-state index is -0.134. The maximum absolute atomic E-state index is 12.0. The fourth-order valence-corrected chi connectivity index (χ4v) is 3.13. The van der Waals surface area contributed by atoms with Crippen LogP contribution in [0.3, 0.4) is 0 Å². The van der Waals surface area contributed by atoms with E-state index < -0.39 is 0 Å². The molecule has 1 aromatic rings. The first-order chi connectivity index (χ1) is 11.5. The van der Waals surface area contributed by atoms with E-state index in [4.69, 9.17) is 0 Å². The van der Waals surface area contributed by atoms with Gasteiger partial charge in [0.2, 0.25) is 5.91 Å². The highest BCUT2D eigenvalue weighted by molar-refractivity contribution is 5.91. The molecule has 24 heavy (non-hydrogen) atoms. The number of nitrogens with one attached hydrogen (secondary N) is 2. The molecule has 2 N–H and O–H groups in total. The summed E-state index contributed by atoms with van der Waals surface area (Å²) in [6, 6.07) is 6.14. The summed E-state index contributed by atoms with van der Waals surface area (Å²) in [4.78, 5) is 25.6. The van der Waals surface area contributed by atoms with Crippen LogP contribution in [0.5, 0.6) is 0 Å². The van der Waals surface area contributed by atoms with Crippen molar-refractivity contribution < 1.29 is 9.59 Å². The van der Waals surface area contributed by atoms with Crippen LogP contribution >= 0.6 is 0 Å². The van der Waals surface area contributed by atoms with Crippen molar-refractivity contribution in [2.75, 3.05) is 18.0 Å². The van der Waals surface area contributed by atoms with Crippen LogP contribution in [0.15, 0.2) is 18.2 Å². The van der Waals surface area contributed by atoms with Crippen molar-refractivity contribution in [1.29, 1.82) is 0 Å². The third-order valence-electron chi connectivity index (χ3n) is 4.74. The molecule has 1 fully saturated rings. The molecule has 5 heteroatoms. The van der Waals surface area contributed by atoms with Gasteiger partial charge >= 0.3 is 6.03 Å². The molecule has 1 saturated carbocycles. The zero-order valence-electron chi connectivity index (χ0n) is 15.0. The lowest BCUT2D eigenvalue weighted by Gasteiger charge is -2.24. The van der Waals surface area contributed by atoms with Crippen LogP contribution in [-0.4, -0.2) is 31.1 Å². The molecule has 0 saturated heterocycles. The molecule has 3 amide bonds. The number of hydrogen-bond donors (Lipinski definition) is 2. The van der Waals surface area contributed by atoms with Gasteiger partial charge in [-0.05, 0) is 49.9 Å². The molecule has 0 unspecified atom stereocenters. The van der Waals surface area contributed by atoms with E-state index in [9.17, 15) is 9.59 Å². The Hall–Kier alpha value is -2.04. The third kappa shape index (κ3) is 5.25. The second-order valence-corrected chi connectivity index (χ2v) is 6.67. The van der Waals surface area contributed by atoms with Gasteiger partial charge in [-0.3, -0.25) is 4.79 Å². The summed E-state index contributed by atoms with van der Waals surface area (Å²) in [5.41, 5.74) is 3.23. The van der Waals surface area contributed by atoms with Gasteiger partial charge in [-0.2, -0.15) is 0 Å². The van der Waals surface area contributed by atoms with E-state index in [2.05, 4.69) is 10.6 Å². The van der Waals surface area contributed by atoms with E-state index in [1.807, 2.05) is 32.0 Å². The topological polar surface area (TPSA) is 61.4 Å². The van der Waals surface area contributed by atoms with Gasteiger partial charge in [0, 0.05) is 31.7 Å². The number of amides is 3. The van der Waals surface area contributed by atoms with Gasteiger partial charge < -0.3 is 15.5 Å². The van der Waals surface area contributed by atoms with Crippen LogP contribution in [0.2, 0.25) is 0 Å². The Bertz CT molecular complexity index is 580. The quantitative estimate of drug-likeness (QED) is 0.870. The highest BCUT2D eigenvalue weighted by atomic mass is 16.2. The Balaban J connectivity index is 1.84. The molecule has 5 nitrogen and oxygen atoms in total. The fourth-order valence-electron chi connectivity index (χ4n) is 3.13. The molecule has 0 aromatic heterocycles. The Labute approximate surface area is 144 Å². The zero-order chi connectivity index (χ0) is 17.5. The third-order valence-corrected chi connectivity index (χ3v) is 4.74. The average Bonchev–Trinajstić information content (AvgIpc) is 2.55. The van der Waals surface area contributed by atoms with Crippen molar-refractivity contribution in [3.8, 4) is 0 Å². The molecule has 0 heterocycles. The second kappa shape index (κ2) is 8.71. The van der Waals surface area contributed by atoms with E-state index in [-0.39, 0.29) is 11.9 Å². The summed E-state index contributed by atoms with van der Waals surface area (Å²) >= 11 is 0. The van der Waals surface area contributed by atoms with Gasteiger partial charge in [0.05, 0.1) is 0 Å². The first-order valence-corrected chi connectivity index (χ1v) is 8.87.